The number of hydrogen-bond acceptors (Lipinski definition) is 2. The maximum atomic E-state index is 13.4. The summed E-state index contributed by atoms with van der Waals surface area (Å²) in [6.45, 7) is 0.514. The first-order chi connectivity index (χ1) is 8.97. The van der Waals surface area contributed by atoms with Gasteiger partial charge in [0.25, 0.3) is 0 Å². The van der Waals surface area contributed by atoms with Crippen LogP contribution in [0.3, 0.4) is 0 Å². The van der Waals surface area contributed by atoms with Gasteiger partial charge < -0.3 is 10.6 Å². The van der Waals surface area contributed by atoms with Crippen LogP contribution in [0.2, 0.25) is 0 Å². The molecule has 0 amide bonds. The van der Waals surface area contributed by atoms with Crippen LogP contribution < -0.4 is 10.6 Å². The van der Waals surface area contributed by atoms with Crippen LogP contribution >= 0.6 is 15.9 Å². The average molecular weight is 327 g/mol. The second-order valence-electron chi connectivity index (χ2n) is 4.30. The summed E-state index contributed by atoms with van der Waals surface area (Å²) >= 11 is 3.35. The van der Waals surface area contributed by atoms with Crippen LogP contribution in [0.15, 0.2) is 40.9 Å². The van der Waals surface area contributed by atoms with Gasteiger partial charge in [-0.1, -0.05) is 28.1 Å². The predicted molar refractivity (Wildman–Crippen MR) is 77.0 cm³/mol. The zero-order valence-corrected chi connectivity index (χ0v) is 11.9. The minimum atomic E-state index is -0.738. The third-order valence-electron chi connectivity index (χ3n) is 2.82. The van der Waals surface area contributed by atoms with Gasteiger partial charge in [0.05, 0.1) is 11.4 Å². The quantitative estimate of drug-likeness (QED) is 0.865. The largest absolute Gasteiger partial charge is 0.395 e. The van der Waals surface area contributed by atoms with Gasteiger partial charge in [0.1, 0.15) is 5.82 Å². The molecule has 100 valence electrons. The Labute approximate surface area is 119 Å². The average Bonchev–Trinajstić information content (AvgIpc) is 2.36. The van der Waals surface area contributed by atoms with Gasteiger partial charge in [-0.2, -0.15) is 0 Å². The molecule has 0 fully saturated rings. The molecule has 0 radical (unpaired) electrons. The van der Waals surface area contributed by atoms with E-state index in [1.54, 1.807) is 11.9 Å². The van der Waals surface area contributed by atoms with Gasteiger partial charge in [-0.15, -0.1) is 0 Å². The van der Waals surface area contributed by atoms with Gasteiger partial charge in [-0.3, -0.25) is 0 Å². The molecule has 0 unspecified atom stereocenters. The van der Waals surface area contributed by atoms with Crippen LogP contribution in [0.1, 0.15) is 5.56 Å². The third kappa shape index (κ3) is 3.23. The summed E-state index contributed by atoms with van der Waals surface area (Å²) in [4.78, 5) is 1.71. The van der Waals surface area contributed by atoms with E-state index in [9.17, 15) is 8.78 Å². The number of nitrogens with two attached hydrogens (primary N) is 1. The van der Waals surface area contributed by atoms with Gasteiger partial charge in [0.15, 0.2) is 5.82 Å². The fourth-order valence-electron chi connectivity index (χ4n) is 1.84. The number of nitrogens with zero attached hydrogens (tertiary/aromatic N) is 1. The summed E-state index contributed by atoms with van der Waals surface area (Å²) in [5, 5.41) is 0. The maximum absolute atomic E-state index is 13.4. The Morgan fingerprint density at radius 3 is 2.42 bits per heavy atom. The lowest BCUT2D eigenvalue weighted by Crippen LogP contribution is -2.18. The number of benzene rings is 2. The van der Waals surface area contributed by atoms with E-state index < -0.39 is 11.6 Å². The van der Waals surface area contributed by atoms with Crippen LogP contribution in [0.5, 0.6) is 0 Å². The molecule has 2 nitrogen and oxygen atoms in total. The Morgan fingerprint density at radius 1 is 1.16 bits per heavy atom. The fourth-order valence-corrected chi connectivity index (χ4v) is 2.10. The number of rotatable bonds is 3. The molecule has 0 aliphatic heterocycles. The van der Waals surface area contributed by atoms with E-state index >= 15 is 0 Å². The van der Waals surface area contributed by atoms with E-state index in [0.717, 1.165) is 16.1 Å². The fraction of sp³-hybridized carbons (Fsp3) is 0.143. The minimum absolute atomic E-state index is 0.0407. The summed E-state index contributed by atoms with van der Waals surface area (Å²) in [5.41, 5.74) is 6.97. The van der Waals surface area contributed by atoms with Crippen molar-refractivity contribution in [2.75, 3.05) is 17.7 Å². The maximum Gasteiger partial charge on any atom is 0.151 e. The van der Waals surface area contributed by atoms with Gasteiger partial charge in [0, 0.05) is 24.1 Å². The zero-order chi connectivity index (χ0) is 14.0. The minimum Gasteiger partial charge on any atom is -0.395 e. The highest BCUT2D eigenvalue weighted by atomic mass is 79.9. The molecule has 2 aromatic carbocycles. The van der Waals surface area contributed by atoms with Crippen LogP contribution in [-0.4, -0.2) is 7.05 Å². The molecule has 0 bridgehead atoms. The first-order valence-electron chi connectivity index (χ1n) is 5.67. The van der Waals surface area contributed by atoms with Gasteiger partial charge >= 0.3 is 0 Å². The second-order valence-corrected chi connectivity index (χ2v) is 5.22. The Kier molecular flexibility index (Phi) is 4.04. The normalized spacial score (nSPS) is 10.5. The standard InChI is InChI=1S/C14H13BrF2N2/c1-19(8-9-2-4-10(15)5-3-9)13-7-11(16)6-12(17)14(13)18/h2-7H,8,18H2,1H3. The van der Waals surface area contributed by atoms with Crippen molar-refractivity contribution in [2.45, 2.75) is 6.54 Å². The first-order valence-corrected chi connectivity index (χ1v) is 6.47. The van der Waals surface area contributed by atoms with Crippen molar-refractivity contribution in [2.24, 2.45) is 0 Å². The Hall–Kier alpha value is -1.62. The molecule has 0 atom stereocenters. The van der Waals surface area contributed by atoms with Crippen molar-refractivity contribution in [3.63, 3.8) is 0 Å². The smallest absolute Gasteiger partial charge is 0.151 e. The molecular weight excluding hydrogens is 314 g/mol. The molecule has 0 spiro atoms. The molecule has 2 aromatic rings. The number of anilines is 2. The van der Waals surface area contributed by atoms with Crippen LogP contribution in [0.4, 0.5) is 20.2 Å². The molecule has 19 heavy (non-hydrogen) atoms. The summed E-state index contributed by atoms with van der Waals surface area (Å²) in [6, 6.07) is 9.72. The van der Waals surface area contributed by atoms with Crippen molar-refractivity contribution in [1.82, 2.24) is 0 Å². The van der Waals surface area contributed by atoms with E-state index in [-0.39, 0.29) is 5.69 Å². The predicted octanol–water partition coefficient (Wildman–Crippen LogP) is 3.95. The highest BCUT2D eigenvalue weighted by Crippen LogP contribution is 2.27. The molecular formula is C14H13BrF2N2. The lowest BCUT2D eigenvalue weighted by atomic mass is 10.2. The lowest BCUT2D eigenvalue weighted by Gasteiger charge is -2.21. The van der Waals surface area contributed by atoms with Gasteiger partial charge in [-0.05, 0) is 23.8 Å². The Bertz CT molecular complexity index is 585. The molecule has 5 heteroatoms. The summed E-state index contributed by atoms with van der Waals surface area (Å²) in [5.74, 6) is -1.37. The molecule has 2 N–H and O–H groups in total. The molecule has 0 aromatic heterocycles. The van der Waals surface area contributed by atoms with E-state index in [1.807, 2.05) is 24.3 Å². The summed E-state index contributed by atoms with van der Waals surface area (Å²) in [7, 11) is 1.74. The van der Waals surface area contributed by atoms with Crippen molar-refractivity contribution < 1.29 is 8.78 Å². The number of nitrogen functional groups attached to an aromatic ring is 1. The van der Waals surface area contributed by atoms with E-state index in [1.165, 1.54) is 6.07 Å². The first kappa shape index (κ1) is 13.8. The SMILES string of the molecule is CN(Cc1ccc(Br)cc1)c1cc(F)cc(F)c1N. The van der Waals surface area contributed by atoms with Crippen molar-refractivity contribution in [1.29, 1.82) is 0 Å². The third-order valence-corrected chi connectivity index (χ3v) is 3.35. The lowest BCUT2D eigenvalue weighted by molar-refractivity contribution is 0.585. The second kappa shape index (κ2) is 5.57. The van der Waals surface area contributed by atoms with Crippen molar-refractivity contribution >= 4 is 27.3 Å². The highest BCUT2D eigenvalue weighted by molar-refractivity contribution is 9.10. The summed E-state index contributed by atoms with van der Waals surface area (Å²) < 4.78 is 27.6. The summed E-state index contributed by atoms with van der Waals surface area (Å²) in [6.07, 6.45) is 0. The highest BCUT2D eigenvalue weighted by Gasteiger charge is 2.12. The van der Waals surface area contributed by atoms with E-state index in [0.29, 0.717) is 12.2 Å². The van der Waals surface area contributed by atoms with E-state index in [4.69, 9.17) is 5.73 Å². The van der Waals surface area contributed by atoms with Crippen LogP contribution in [0.25, 0.3) is 0 Å². The number of hydrogen-bond donors (Lipinski definition) is 1. The van der Waals surface area contributed by atoms with Crippen LogP contribution in [0, 0.1) is 11.6 Å². The molecule has 2 rings (SSSR count). The van der Waals surface area contributed by atoms with E-state index in [2.05, 4.69) is 15.9 Å². The molecule has 0 heterocycles. The molecule has 0 aliphatic rings. The topological polar surface area (TPSA) is 29.3 Å². The zero-order valence-electron chi connectivity index (χ0n) is 10.3. The number of halogens is 3. The Morgan fingerprint density at radius 2 is 1.79 bits per heavy atom. The molecule has 0 aliphatic carbocycles. The Balaban J connectivity index is 2.24. The van der Waals surface area contributed by atoms with Gasteiger partial charge in [-0.25, -0.2) is 8.78 Å². The van der Waals surface area contributed by atoms with Crippen molar-refractivity contribution in [3.8, 4) is 0 Å². The molecule has 0 saturated carbocycles. The molecule has 0 saturated heterocycles. The van der Waals surface area contributed by atoms with Crippen LogP contribution in [-0.2, 0) is 6.54 Å². The van der Waals surface area contributed by atoms with Crippen molar-refractivity contribution in [3.05, 3.63) is 58.1 Å². The monoisotopic (exact) mass is 326 g/mol. The van der Waals surface area contributed by atoms with Gasteiger partial charge in [0.2, 0.25) is 0 Å².